The van der Waals surface area contributed by atoms with Crippen molar-refractivity contribution >= 4 is 23.2 Å². The van der Waals surface area contributed by atoms with Crippen molar-refractivity contribution in [3.63, 3.8) is 0 Å². The van der Waals surface area contributed by atoms with Gasteiger partial charge in [0.05, 0.1) is 12.2 Å². The van der Waals surface area contributed by atoms with Gasteiger partial charge < -0.3 is 9.47 Å². The summed E-state index contributed by atoms with van der Waals surface area (Å²) in [6, 6.07) is 13.7. The highest BCUT2D eigenvalue weighted by Gasteiger charge is 2.51. The van der Waals surface area contributed by atoms with Gasteiger partial charge in [0, 0.05) is 27.1 Å². The fourth-order valence-corrected chi connectivity index (χ4v) is 4.43. The van der Waals surface area contributed by atoms with E-state index < -0.39 is 0 Å². The van der Waals surface area contributed by atoms with Gasteiger partial charge in [0.2, 0.25) is 0 Å². The van der Waals surface area contributed by atoms with Gasteiger partial charge in [-0.3, -0.25) is 0 Å². The molecule has 4 heteroatoms. The van der Waals surface area contributed by atoms with Crippen LogP contribution in [-0.4, -0.2) is 5.60 Å². The highest BCUT2D eigenvalue weighted by atomic mass is 35.5. The van der Waals surface area contributed by atoms with Crippen LogP contribution < -0.4 is 4.74 Å². The maximum Gasteiger partial charge on any atom is 0.125 e. The SMILES string of the molecule is CC1(C)Oc2ccccc2[C@H]2O[C@@H](c3c(Cl)cccc3Cl)C[C@@H]21. The van der Waals surface area contributed by atoms with Gasteiger partial charge in [0.25, 0.3) is 0 Å². The topological polar surface area (TPSA) is 18.5 Å². The highest BCUT2D eigenvalue weighted by molar-refractivity contribution is 6.36. The van der Waals surface area contributed by atoms with Gasteiger partial charge in [-0.1, -0.05) is 47.5 Å². The molecule has 0 aromatic heterocycles. The highest BCUT2D eigenvalue weighted by Crippen LogP contribution is 2.56. The standard InChI is InChI=1S/C19H18Cl2O2/c1-19(2)12-10-16(17-13(20)7-5-8-14(17)21)22-18(12)11-6-3-4-9-15(11)23-19/h3-9,12,16,18H,10H2,1-2H3/t12-,16+,18+/m0/s1. The molecule has 0 amide bonds. The monoisotopic (exact) mass is 348 g/mol. The summed E-state index contributed by atoms with van der Waals surface area (Å²) in [5.74, 6) is 1.17. The number of ether oxygens (including phenoxy) is 2. The van der Waals surface area contributed by atoms with E-state index in [1.807, 2.05) is 36.4 Å². The molecule has 3 atom stereocenters. The second-order valence-electron chi connectivity index (χ2n) is 6.77. The molecule has 2 aromatic carbocycles. The lowest BCUT2D eigenvalue weighted by atomic mass is 9.78. The van der Waals surface area contributed by atoms with Crippen LogP contribution in [0, 0.1) is 5.92 Å². The van der Waals surface area contributed by atoms with Gasteiger partial charge >= 0.3 is 0 Å². The molecular formula is C19H18Cl2O2. The molecule has 0 radical (unpaired) electrons. The zero-order chi connectivity index (χ0) is 16.2. The van der Waals surface area contributed by atoms with Crippen molar-refractivity contribution < 1.29 is 9.47 Å². The van der Waals surface area contributed by atoms with E-state index in [0.29, 0.717) is 10.0 Å². The fraction of sp³-hybridized carbons (Fsp3) is 0.368. The largest absolute Gasteiger partial charge is 0.487 e. The van der Waals surface area contributed by atoms with E-state index in [4.69, 9.17) is 32.7 Å². The Morgan fingerprint density at radius 2 is 1.70 bits per heavy atom. The second kappa shape index (κ2) is 5.41. The predicted molar refractivity (Wildman–Crippen MR) is 92.3 cm³/mol. The molecule has 4 rings (SSSR count). The zero-order valence-electron chi connectivity index (χ0n) is 13.1. The number of benzene rings is 2. The molecule has 0 spiro atoms. The van der Waals surface area contributed by atoms with Crippen molar-refractivity contribution in [3.05, 3.63) is 63.6 Å². The molecule has 0 aliphatic carbocycles. The summed E-state index contributed by atoms with van der Waals surface area (Å²) in [5.41, 5.74) is 1.71. The van der Waals surface area contributed by atoms with Crippen LogP contribution in [0.1, 0.15) is 43.6 Å². The van der Waals surface area contributed by atoms with E-state index in [9.17, 15) is 0 Å². The number of halogens is 2. The Balaban J connectivity index is 1.76. The molecule has 2 aliphatic heterocycles. The van der Waals surface area contributed by atoms with Crippen molar-refractivity contribution in [1.82, 2.24) is 0 Å². The van der Waals surface area contributed by atoms with Crippen molar-refractivity contribution in [2.75, 3.05) is 0 Å². The van der Waals surface area contributed by atoms with Crippen molar-refractivity contribution in [3.8, 4) is 5.75 Å². The van der Waals surface area contributed by atoms with Crippen LogP contribution >= 0.6 is 23.2 Å². The quantitative estimate of drug-likeness (QED) is 0.630. The molecule has 0 N–H and O–H groups in total. The average Bonchev–Trinajstić information content (AvgIpc) is 2.93. The van der Waals surface area contributed by atoms with Gasteiger partial charge in [-0.25, -0.2) is 0 Å². The number of para-hydroxylation sites is 1. The molecule has 120 valence electrons. The molecule has 23 heavy (non-hydrogen) atoms. The average molecular weight is 349 g/mol. The summed E-state index contributed by atoms with van der Waals surface area (Å²) in [7, 11) is 0. The Kier molecular flexibility index (Phi) is 3.60. The van der Waals surface area contributed by atoms with Gasteiger partial charge in [0.1, 0.15) is 11.4 Å². The molecule has 2 heterocycles. The fourth-order valence-electron chi connectivity index (χ4n) is 3.79. The Bertz CT molecular complexity index is 737. The summed E-state index contributed by atoms with van der Waals surface area (Å²) in [6.45, 7) is 4.25. The molecule has 0 bridgehead atoms. The molecule has 2 aromatic rings. The van der Waals surface area contributed by atoms with Crippen LogP contribution in [0.5, 0.6) is 5.75 Å². The molecule has 2 aliphatic rings. The first-order valence-corrected chi connectivity index (χ1v) is 8.60. The molecule has 0 saturated carbocycles. The summed E-state index contributed by atoms with van der Waals surface area (Å²) >= 11 is 12.8. The van der Waals surface area contributed by atoms with Crippen LogP contribution in [0.4, 0.5) is 0 Å². The van der Waals surface area contributed by atoms with Crippen LogP contribution in [-0.2, 0) is 4.74 Å². The van der Waals surface area contributed by atoms with Crippen molar-refractivity contribution in [2.45, 2.75) is 38.1 Å². The lowest BCUT2D eigenvalue weighted by Crippen LogP contribution is -2.42. The Morgan fingerprint density at radius 3 is 2.43 bits per heavy atom. The molecule has 0 unspecified atom stereocenters. The predicted octanol–water partition coefficient (Wildman–Crippen LogP) is 5.98. The van der Waals surface area contributed by atoms with Gasteiger partial charge in [-0.05, 0) is 38.5 Å². The number of hydrogen-bond donors (Lipinski definition) is 0. The summed E-state index contributed by atoms with van der Waals surface area (Å²) in [5, 5.41) is 1.32. The molecule has 2 nitrogen and oxygen atoms in total. The summed E-state index contributed by atoms with van der Waals surface area (Å²) < 4.78 is 12.7. The lowest BCUT2D eigenvalue weighted by molar-refractivity contribution is -0.0421. The number of fused-ring (bicyclic) bond motifs is 3. The number of hydrogen-bond acceptors (Lipinski definition) is 2. The van der Waals surface area contributed by atoms with E-state index in [-0.39, 0.29) is 23.7 Å². The van der Waals surface area contributed by atoms with Crippen LogP contribution in [0.3, 0.4) is 0 Å². The minimum Gasteiger partial charge on any atom is -0.487 e. The van der Waals surface area contributed by atoms with Crippen LogP contribution in [0.2, 0.25) is 10.0 Å². The first-order valence-electron chi connectivity index (χ1n) is 7.84. The van der Waals surface area contributed by atoms with E-state index >= 15 is 0 Å². The van der Waals surface area contributed by atoms with Crippen molar-refractivity contribution in [1.29, 1.82) is 0 Å². The van der Waals surface area contributed by atoms with E-state index in [1.54, 1.807) is 0 Å². The van der Waals surface area contributed by atoms with Crippen LogP contribution in [0.15, 0.2) is 42.5 Å². The maximum absolute atomic E-state index is 6.43. The van der Waals surface area contributed by atoms with Gasteiger partial charge in [0.15, 0.2) is 0 Å². The summed E-state index contributed by atoms with van der Waals surface area (Å²) in [4.78, 5) is 0. The third-order valence-corrected chi connectivity index (χ3v) is 5.62. The van der Waals surface area contributed by atoms with E-state index in [1.165, 1.54) is 0 Å². The molecular weight excluding hydrogens is 331 g/mol. The van der Waals surface area contributed by atoms with E-state index in [2.05, 4.69) is 19.9 Å². The lowest BCUT2D eigenvalue weighted by Gasteiger charge is -2.40. The van der Waals surface area contributed by atoms with Gasteiger partial charge in [-0.15, -0.1) is 0 Å². The molecule has 1 fully saturated rings. The Labute approximate surface area is 146 Å². The third kappa shape index (κ3) is 2.44. The third-order valence-electron chi connectivity index (χ3n) is 4.96. The smallest absolute Gasteiger partial charge is 0.125 e. The second-order valence-corrected chi connectivity index (χ2v) is 7.58. The first kappa shape index (κ1) is 15.3. The minimum absolute atomic E-state index is 0.00675. The zero-order valence-corrected chi connectivity index (χ0v) is 14.6. The summed E-state index contributed by atoms with van der Waals surface area (Å²) in [6.07, 6.45) is 0.739. The minimum atomic E-state index is -0.290. The first-order chi connectivity index (χ1) is 11.0. The Morgan fingerprint density at radius 1 is 1.00 bits per heavy atom. The van der Waals surface area contributed by atoms with Crippen molar-refractivity contribution in [2.24, 2.45) is 5.92 Å². The maximum atomic E-state index is 6.43. The van der Waals surface area contributed by atoms with Gasteiger partial charge in [-0.2, -0.15) is 0 Å². The number of rotatable bonds is 1. The van der Waals surface area contributed by atoms with E-state index in [0.717, 1.165) is 23.3 Å². The van der Waals surface area contributed by atoms with Crippen LogP contribution in [0.25, 0.3) is 0 Å². The Hall–Kier alpha value is -1.22. The molecule has 1 saturated heterocycles. The normalized spacial score (nSPS) is 27.9.